The Labute approximate surface area is 273 Å². The Morgan fingerprint density at radius 2 is 1.63 bits per heavy atom. The third-order valence-corrected chi connectivity index (χ3v) is 8.89. The van der Waals surface area contributed by atoms with Crippen molar-refractivity contribution >= 4 is 17.2 Å². The molecule has 1 N–H and O–H groups in total. The van der Waals surface area contributed by atoms with Crippen LogP contribution in [0, 0.1) is 0 Å². The Morgan fingerprint density at radius 3 is 2.35 bits per heavy atom. The first-order valence-corrected chi connectivity index (χ1v) is 16.1. The number of fused-ring (bicyclic) bond motifs is 1. The predicted octanol–water partition coefficient (Wildman–Crippen LogP) is 7.04. The first-order chi connectivity index (χ1) is 22.6. The summed E-state index contributed by atoms with van der Waals surface area (Å²) < 4.78 is 22.0. The van der Waals surface area contributed by atoms with Crippen LogP contribution in [0.3, 0.4) is 0 Å². The summed E-state index contributed by atoms with van der Waals surface area (Å²) in [7, 11) is 3.33. The SMILES string of the molecule is COc1ccc(CN(CCC(c2ccccc2)c2ccccc2)Cc2nc(C(=O)NCc3ccc4c(c3)OCO4)cs2)c(OC)c1. The number of aromatic nitrogens is 1. The molecule has 1 aliphatic heterocycles. The van der Waals surface area contributed by atoms with E-state index in [1.54, 1.807) is 14.2 Å². The van der Waals surface area contributed by atoms with Gasteiger partial charge in [-0.2, -0.15) is 0 Å². The number of rotatable bonds is 14. The molecule has 236 valence electrons. The van der Waals surface area contributed by atoms with Crippen molar-refractivity contribution < 1.29 is 23.7 Å². The van der Waals surface area contributed by atoms with Crippen molar-refractivity contribution in [3.63, 3.8) is 0 Å². The minimum absolute atomic E-state index is 0.211. The molecule has 1 aliphatic rings. The quantitative estimate of drug-likeness (QED) is 0.140. The number of nitrogens with one attached hydrogen (secondary N) is 1. The van der Waals surface area contributed by atoms with E-state index in [4.69, 9.17) is 23.9 Å². The number of thiazole rings is 1. The van der Waals surface area contributed by atoms with Gasteiger partial charge in [0.2, 0.25) is 6.79 Å². The molecule has 0 aliphatic carbocycles. The number of carbonyl (C=O) groups excluding carboxylic acids is 1. The van der Waals surface area contributed by atoms with Gasteiger partial charge in [0.05, 0.1) is 20.8 Å². The average molecular weight is 636 g/mol. The van der Waals surface area contributed by atoms with Gasteiger partial charge in [0.15, 0.2) is 11.5 Å². The molecule has 9 heteroatoms. The number of carbonyl (C=O) groups is 1. The summed E-state index contributed by atoms with van der Waals surface area (Å²) in [5.41, 5.74) is 4.96. The highest BCUT2D eigenvalue weighted by Gasteiger charge is 2.20. The van der Waals surface area contributed by atoms with Gasteiger partial charge in [0, 0.05) is 36.0 Å². The van der Waals surface area contributed by atoms with Crippen molar-refractivity contribution in [2.75, 3.05) is 27.6 Å². The predicted molar refractivity (Wildman–Crippen MR) is 179 cm³/mol. The molecule has 0 fully saturated rings. The monoisotopic (exact) mass is 635 g/mol. The lowest BCUT2D eigenvalue weighted by Gasteiger charge is -2.26. The number of benzene rings is 4. The van der Waals surface area contributed by atoms with E-state index in [1.807, 2.05) is 41.8 Å². The molecule has 0 saturated heterocycles. The zero-order valence-electron chi connectivity index (χ0n) is 26.0. The van der Waals surface area contributed by atoms with Gasteiger partial charge >= 0.3 is 0 Å². The number of hydrogen-bond donors (Lipinski definition) is 1. The molecule has 1 amide bonds. The van der Waals surface area contributed by atoms with E-state index >= 15 is 0 Å². The Hall–Kier alpha value is -4.86. The summed E-state index contributed by atoms with van der Waals surface area (Å²) in [5, 5.41) is 5.68. The topological polar surface area (TPSA) is 82.2 Å². The average Bonchev–Trinajstić information content (AvgIpc) is 3.78. The fraction of sp³-hybridized carbons (Fsp3) is 0.243. The van der Waals surface area contributed by atoms with E-state index in [9.17, 15) is 4.79 Å². The second-order valence-electron chi connectivity index (χ2n) is 11.0. The zero-order valence-corrected chi connectivity index (χ0v) is 26.8. The molecule has 6 rings (SSSR count). The molecule has 1 aromatic heterocycles. The number of amides is 1. The summed E-state index contributed by atoms with van der Waals surface area (Å²) in [4.78, 5) is 20.2. The molecular formula is C37H37N3O5S. The molecule has 0 bridgehead atoms. The van der Waals surface area contributed by atoms with E-state index in [-0.39, 0.29) is 18.6 Å². The van der Waals surface area contributed by atoms with Crippen molar-refractivity contribution in [2.24, 2.45) is 0 Å². The highest BCUT2D eigenvalue weighted by molar-refractivity contribution is 7.09. The molecule has 0 unspecified atom stereocenters. The minimum Gasteiger partial charge on any atom is -0.497 e. The first kappa shape index (κ1) is 31.1. The highest BCUT2D eigenvalue weighted by atomic mass is 32.1. The van der Waals surface area contributed by atoms with E-state index in [0.29, 0.717) is 31.1 Å². The van der Waals surface area contributed by atoms with Crippen LogP contribution in [0.4, 0.5) is 0 Å². The van der Waals surface area contributed by atoms with Gasteiger partial charge in [-0.15, -0.1) is 11.3 Å². The molecule has 0 atom stereocenters. The van der Waals surface area contributed by atoms with Crippen molar-refractivity contribution in [3.8, 4) is 23.0 Å². The molecular weight excluding hydrogens is 598 g/mol. The summed E-state index contributed by atoms with van der Waals surface area (Å²) in [6.07, 6.45) is 0.904. The van der Waals surface area contributed by atoms with Crippen LogP contribution in [0.5, 0.6) is 23.0 Å². The molecule has 46 heavy (non-hydrogen) atoms. The number of nitrogens with zero attached hydrogens (tertiary/aromatic N) is 2. The second kappa shape index (κ2) is 14.9. The minimum atomic E-state index is -0.211. The van der Waals surface area contributed by atoms with Crippen LogP contribution >= 0.6 is 11.3 Å². The third-order valence-electron chi connectivity index (χ3n) is 8.06. The van der Waals surface area contributed by atoms with E-state index < -0.39 is 0 Å². The van der Waals surface area contributed by atoms with Crippen LogP contribution in [0.15, 0.2) is 102 Å². The van der Waals surface area contributed by atoms with Gasteiger partial charge in [0.1, 0.15) is 22.2 Å². The maximum atomic E-state index is 13.0. The summed E-state index contributed by atoms with van der Waals surface area (Å²) in [6, 6.07) is 32.9. The summed E-state index contributed by atoms with van der Waals surface area (Å²) in [6.45, 7) is 2.62. The van der Waals surface area contributed by atoms with Gasteiger partial charge in [-0.3, -0.25) is 9.69 Å². The Bertz CT molecular complexity index is 1710. The zero-order chi connectivity index (χ0) is 31.7. The van der Waals surface area contributed by atoms with Gasteiger partial charge < -0.3 is 24.3 Å². The molecule has 2 heterocycles. The van der Waals surface area contributed by atoms with Gasteiger partial charge in [-0.25, -0.2) is 4.98 Å². The smallest absolute Gasteiger partial charge is 0.271 e. The highest BCUT2D eigenvalue weighted by Crippen LogP contribution is 2.33. The van der Waals surface area contributed by atoms with Crippen LogP contribution < -0.4 is 24.3 Å². The summed E-state index contributed by atoms with van der Waals surface area (Å²) >= 11 is 1.50. The van der Waals surface area contributed by atoms with Crippen molar-refractivity contribution in [1.29, 1.82) is 0 Å². The third kappa shape index (κ3) is 7.67. The molecule has 0 radical (unpaired) electrons. The Morgan fingerprint density at radius 1 is 0.891 bits per heavy atom. The fourth-order valence-electron chi connectivity index (χ4n) is 5.65. The number of methoxy groups -OCH3 is 2. The van der Waals surface area contributed by atoms with Crippen LogP contribution in [-0.2, 0) is 19.6 Å². The van der Waals surface area contributed by atoms with Crippen molar-refractivity contribution in [1.82, 2.24) is 15.2 Å². The lowest BCUT2D eigenvalue weighted by molar-refractivity contribution is 0.0946. The largest absolute Gasteiger partial charge is 0.497 e. The van der Waals surface area contributed by atoms with Crippen LogP contribution in [-0.4, -0.2) is 43.3 Å². The van der Waals surface area contributed by atoms with Gasteiger partial charge in [-0.05, 0) is 47.9 Å². The van der Waals surface area contributed by atoms with Crippen LogP contribution in [0.1, 0.15) is 50.1 Å². The molecule has 0 saturated carbocycles. The van der Waals surface area contributed by atoms with E-state index in [0.717, 1.165) is 46.3 Å². The fourth-order valence-corrected chi connectivity index (χ4v) is 6.46. The maximum Gasteiger partial charge on any atom is 0.271 e. The number of hydrogen-bond acceptors (Lipinski definition) is 8. The standard InChI is InChI=1S/C37H37N3O5S/c1-42-30-15-14-29(34(20-30)43-2)22-40(18-17-31(27-9-5-3-6-10-27)28-11-7-4-8-12-28)23-36-39-32(24-46-36)37(41)38-21-26-13-16-33-35(19-26)45-25-44-33/h3-16,19-20,24,31H,17-18,21-23,25H2,1-2H3,(H,38,41). The Kier molecular flexibility index (Phi) is 10.1. The van der Waals surface area contributed by atoms with Crippen LogP contribution in [0.25, 0.3) is 0 Å². The van der Waals surface area contributed by atoms with Crippen molar-refractivity contribution in [2.45, 2.75) is 32.0 Å². The first-order valence-electron chi connectivity index (χ1n) is 15.2. The van der Waals surface area contributed by atoms with Gasteiger partial charge in [-0.1, -0.05) is 72.8 Å². The van der Waals surface area contributed by atoms with Crippen molar-refractivity contribution in [3.05, 3.63) is 135 Å². The molecule has 4 aromatic carbocycles. The van der Waals surface area contributed by atoms with E-state index in [1.165, 1.54) is 22.5 Å². The summed E-state index contributed by atoms with van der Waals surface area (Å²) in [5.74, 6) is 2.95. The number of ether oxygens (including phenoxy) is 4. The normalized spacial score (nSPS) is 12.0. The molecule has 0 spiro atoms. The Balaban J connectivity index is 1.18. The lowest BCUT2D eigenvalue weighted by atomic mass is 9.88. The van der Waals surface area contributed by atoms with Crippen LogP contribution in [0.2, 0.25) is 0 Å². The lowest BCUT2D eigenvalue weighted by Crippen LogP contribution is -2.26. The maximum absolute atomic E-state index is 13.0. The second-order valence-corrected chi connectivity index (χ2v) is 12.0. The van der Waals surface area contributed by atoms with Gasteiger partial charge in [0.25, 0.3) is 5.91 Å². The molecule has 5 aromatic rings. The molecule has 8 nitrogen and oxygen atoms in total. The van der Waals surface area contributed by atoms with E-state index in [2.05, 4.69) is 70.9 Å².